The van der Waals surface area contributed by atoms with Crippen molar-refractivity contribution in [3.8, 4) is 5.75 Å². The Morgan fingerprint density at radius 1 is 1.32 bits per heavy atom. The van der Waals surface area contributed by atoms with E-state index >= 15 is 0 Å². The second kappa shape index (κ2) is 7.54. The van der Waals surface area contributed by atoms with Gasteiger partial charge in [-0.2, -0.15) is 0 Å². The Morgan fingerprint density at radius 2 is 2.11 bits per heavy atom. The minimum Gasteiger partial charge on any atom is -0.494 e. The lowest BCUT2D eigenvalue weighted by Gasteiger charge is -2.20. The largest absolute Gasteiger partial charge is 0.494 e. The molecule has 0 heterocycles. The van der Waals surface area contributed by atoms with Gasteiger partial charge in [0.1, 0.15) is 5.75 Å². The van der Waals surface area contributed by atoms with Crippen molar-refractivity contribution in [2.75, 3.05) is 6.61 Å². The Kier molecular flexibility index (Phi) is 5.71. The van der Waals surface area contributed by atoms with E-state index in [1.807, 2.05) is 6.07 Å². The number of rotatable bonds is 7. The van der Waals surface area contributed by atoms with Gasteiger partial charge in [0, 0.05) is 12.6 Å². The minimum atomic E-state index is 0.628. The van der Waals surface area contributed by atoms with Crippen molar-refractivity contribution >= 4 is 0 Å². The number of nitrogens with one attached hydrogen (secondary N) is 1. The Balaban J connectivity index is 1.81. The third-order valence-electron chi connectivity index (χ3n) is 4.11. The van der Waals surface area contributed by atoms with Gasteiger partial charge in [-0.1, -0.05) is 31.9 Å². The van der Waals surface area contributed by atoms with Gasteiger partial charge >= 0.3 is 0 Å². The summed E-state index contributed by atoms with van der Waals surface area (Å²) in [5.74, 6) is 1.87. The number of ether oxygens (including phenoxy) is 1. The van der Waals surface area contributed by atoms with Crippen molar-refractivity contribution in [1.29, 1.82) is 0 Å². The Hall–Kier alpha value is -1.02. The molecule has 1 fully saturated rings. The molecular formula is C17H27NO. The lowest BCUT2D eigenvalue weighted by Crippen LogP contribution is -2.31. The average molecular weight is 261 g/mol. The quantitative estimate of drug-likeness (QED) is 0.796. The van der Waals surface area contributed by atoms with E-state index in [0.29, 0.717) is 6.04 Å². The molecule has 1 atom stereocenters. The zero-order chi connectivity index (χ0) is 13.5. The molecular weight excluding hydrogens is 234 g/mol. The molecule has 106 valence electrons. The summed E-state index contributed by atoms with van der Waals surface area (Å²) in [5.41, 5.74) is 1.32. The molecule has 0 aliphatic heterocycles. The molecule has 0 unspecified atom stereocenters. The molecule has 1 aromatic rings. The number of hydrogen-bond donors (Lipinski definition) is 1. The fraction of sp³-hybridized carbons (Fsp3) is 0.647. The van der Waals surface area contributed by atoms with Crippen LogP contribution in [0.15, 0.2) is 24.3 Å². The molecule has 0 spiro atoms. The van der Waals surface area contributed by atoms with E-state index in [4.69, 9.17) is 4.74 Å². The van der Waals surface area contributed by atoms with Gasteiger partial charge in [0.2, 0.25) is 0 Å². The highest BCUT2D eigenvalue weighted by molar-refractivity contribution is 5.28. The van der Waals surface area contributed by atoms with Crippen LogP contribution in [0.5, 0.6) is 5.75 Å². The maximum absolute atomic E-state index is 5.67. The van der Waals surface area contributed by atoms with Crippen molar-refractivity contribution in [2.24, 2.45) is 5.92 Å². The van der Waals surface area contributed by atoms with Crippen LogP contribution in [-0.4, -0.2) is 12.6 Å². The van der Waals surface area contributed by atoms with Crippen molar-refractivity contribution in [2.45, 2.75) is 58.5 Å². The van der Waals surface area contributed by atoms with Crippen LogP contribution in [0.25, 0.3) is 0 Å². The first-order chi connectivity index (χ1) is 9.29. The molecule has 1 N–H and O–H groups in total. The zero-order valence-electron chi connectivity index (χ0n) is 12.3. The summed E-state index contributed by atoms with van der Waals surface area (Å²) in [5, 5.41) is 3.67. The van der Waals surface area contributed by atoms with Crippen molar-refractivity contribution in [1.82, 2.24) is 5.32 Å². The molecule has 1 aromatic carbocycles. The second-order valence-electron chi connectivity index (χ2n) is 5.71. The molecule has 0 saturated heterocycles. The summed E-state index contributed by atoms with van der Waals surface area (Å²) in [6.07, 6.45) is 6.68. The Morgan fingerprint density at radius 3 is 2.84 bits per heavy atom. The van der Waals surface area contributed by atoms with E-state index in [0.717, 1.165) is 31.2 Å². The lowest BCUT2D eigenvalue weighted by molar-refractivity contribution is 0.316. The van der Waals surface area contributed by atoms with Gasteiger partial charge in [-0.05, 0) is 49.8 Å². The van der Waals surface area contributed by atoms with Crippen molar-refractivity contribution in [3.05, 3.63) is 29.8 Å². The van der Waals surface area contributed by atoms with Gasteiger partial charge in [-0.3, -0.25) is 0 Å². The molecule has 2 nitrogen and oxygen atoms in total. The monoisotopic (exact) mass is 261 g/mol. The first-order valence-electron chi connectivity index (χ1n) is 7.74. The Bertz CT molecular complexity index is 371. The van der Waals surface area contributed by atoms with E-state index < -0.39 is 0 Å². The van der Waals surface area contributed by atoms with E-state index in [9.17, 15) is 0 Å². The van der Waals surface area contributed by atoms with Crippen LogP contribution >= 0.6 is 0 Å². The predicted molar refractivity (Wildman–Crippen MR) is 80.5 cm³/mol. The maximum atomic E-state index is 5.67. The highest BCUT2D eigenvalue weighted by Gasteiger charge is 2.20. The third-order valence-corrected chi connectivity index (χ3v) is 4.11. The molecule has 1 aliphatic carbocycles. The normalized spacial score (nSPS) is 17.6. The summed E-state index contributed by atoms with van der Waals surface area (Å²) in [7, 11) is 0. The summed E-state index contributed by atoms with van der Waals surface area (Å²) >= 11 is 0. The summed E-state index contributed by atoms with van der Waals surface area (Å²) < 4.78 is 5.67. The van der Waals surface area contributed by atoms with Gasteiger partial charge in [-0.25, -0.2) is 0 Å². The number of hydrogen-bond acceptors (Lipinski definition) is 2. The molecule has 19 heavy (non-hydrogen) atoms. The molecule has 0 aromatic heterocycles. The highest BCUT2D eigenvalue weighted by atomic mass is 16.5. The Labute approximate surface area is 117 Å². The van der Waals surface area contributed by atoms with Crippen LogP contribution in [0.1, 0.15) is 51.5 Å². The minimum absolute atomic E-state index is 0.628. The smallest absolute Gasteiger partial charge is 0.119 e. The second-order valence-corrected chi connectivity index (χ2v) is 5.71. The van der Waals surface area contributed by atoms with Crippen molar-refractivity contribution < 1.29 is 4.74 Å². The third kappa shape index (κ3) is 4.54. The van der Waals surface area contributed by atoms with E-state index in [1.165, 1.54) is 31.2 Å². The molecule has 1 aliphatic rings. The molecule has 2 rings (SSSR count). The van der Waals surface area contributed by atoms with Gasteiger partial charge < -0.3 is 10.1 Å². The maximum Gasteiger partial charge on any atom is 0.119 e. The van der Waals surface area contributed by atoms with E-state index in [2.05, 4.69) is 37.4 Å². The molecule has 2 heteroatoms. The summed E-state index contributed by atoms with van der Waals surface area (Å²) in [6.45, 7) is 6.21. The first-order valence-corrected chi connectivity index (χ1v) is 7.74. The van der Waals surface area contributed by atoms with Crippen LogP contribution in [-0.2, 0) is 6.54 Å². The molecule has 1 saturated carbocycles. The molecule has 0 radical (unpaired) electrons. The van der Waals surface area contributed by atoms with Gasteiger partial charge in [0.15, 0.2) is 0 Å². The van der Waals surface area contributed by atoms with E-state index in [-0.39, 0.29) is 0 Å². The first kappa shape index (κ1) is 14.4. The summed E-state index contributed by atoms with van der Waals surface area (Å²) in [4.78, 5) is 0. The number of benzene rings is 1. The van der Waals surface area contributed by atoms with Crippen LogP contribution in [0.3, 0.4) is 0 Å². The standard InChI is InChI=1S/C17H27NO/c1-3-11-19-17-10-6-7-15(12-17)13-18-14(2)16-8-4-5-9-16/h6-7,10,12,14,16,18H,3-5,8-9,11,13H2,1-2H3/t14-/m1/s1. The average Bonchev–Trinajstić information content (AvgIpc) is 2.97. The van der Waals surface area contributed by atoms with Crippen molar-refractivity contribution in [3.63, 3.8) is 0 Å². The van der Waals surface area contributed by atoms with Crippen LogP contribution in [0, 0.1) is 5.92 Å². The fourth-order valence-electron chi connectivity index (χ4n) is 2.87. The van der Waals surface area contributed by atoms with Crippen LogP contribution < -0.4 is 10.1 Å². The van der Waals surface area contributed by atoms with Gasteiger partial charge in [0.25, 0.3) is 0 Å². The molecule has 0 amide bonds. The van der Waals surface area contributed by atoms with Crippen LogP contribution in [0.4, 0.5) is 0 Å². The van der Waals surface area contributed by atoms with Gasteiger partial charge in [-0.15, -0.1) is 0 Å². The van der Waals surface area contributed by atoms with E-state index in [1.54, 1.807) is 0 Å². The highest BCUT2D eigenvalue weighted by Crippen LogP contribution is 2.27. The predicted octanol–water partition coefficient (Wildman–Crippen LogP) is 4.14. The fourth-order valence-corrected chi connectivity index (χ4v) is 2.87. The van der Waals surface area contributed by atoms with Crippen LogP contribution in [0.2, 0.25) is 0 Å². The molecule has 0 bridgehead atoms. The SMILES string of the molecule is CCCOc1cccc(CN[C@H](C)C2CCCC2)c1. The summed E-state index contributed by atoms with van der Waals surface area (Å²) in [6, 6.07) is 9.08. The zero-order valence-corrected chi connectivity index (χ0v) is 12.3. The lowest BCUT2D eigenvalue weighted by atomic mass is 9.99. The topological polar surface area (TPSA) is 21.3 Å². The van der Waals surface area contributed by atoms with Gasteiger partial charge in [0.05, 0.1) is 6.61 Å².